The van der Waals surface area contributed by atoms with Crippen molar-refractivity contribution in [1.82, 2.24) is 5.32 Å². The van der Waals surface area contributed by atoms with E-state index in [1.165, 1.54) is 24.3 Å². The number of nitrogens with one attached hydrogen (secondary N) is 1. The zero-order valence-corrected chi connectivity index (χ0v) is 21.4. The molecule has 2 heterocycles. The second kappa shape index (κ2) is 8.83. The van der Waals surface area contributed by atoms with E-state index in [9.17, 15) is 22.0 Å². The second-order valence-corrected chi connectivity index (χ2v) is 12.2. The summed E-state index contributed by atoms with van der Waals surface area (Å²) in [6.07, 6.45) is -0.393. The van der Waals surface area contributed by atoms with Crippen molar-refractivity contribution >= 4 is 67.0 Å². The minimum absolute atomic E-state index is 0.0329. The highest BCUT2D eigenvalue weighted by molar-refractivity contribution is 7.92. The van der Waals surface area contributed by atoms with Gasteiger partial charge in [0, 0.05) is 33.2 Å². The number of hydrogen-bond acceptors (Lipinski definition) is 5. The van der Waals surface area contributed by atoms with Crippen LogP contribution in [0.3, 0.4) is 0 Å². The van der Waals surface area contributed by atoms with Gasteiger partial charge in [-0.25, -0.2) is 8.42 Å². The molecule has 1 amide bonds. The first-order chi connectivity index (χ1) is 16.9. The van der Waals surface area contributed by atoms with Crippen LogP contribution >= 0.6 is 34.8 Å². The van der Waals surface area contributed by atoms with Gasteiger partial charge in [-0.05, 0) is 46.6 Å². The molecule has 1 unspecified atom stereocenters. The Bertz CT molecular complexity index is 1510. The van der Waals surface area contributed by atoms with E-state index in [1.54, 1.807) is 30.3 Å². The Morgan fingerprint density at radius 2 is 1.69 bits per heavy atom. The number of halogens is 5. The van der Waals surface area contributed by atoms with Gasteiger partial charge in [0.05, 0.1) is 23.3 Å². The minimum Gasteiger partial charge on any atom is -0.376 e. The van der Waals surface area contributed by atoms with Crippen molar-refractivity contribution in [2.45, 2.75) is 23.4 Å². The van der Waals surface area contributed by atoms with Crippen LogP contribution < -0.4 is 5.32 Å². The lowest BCUT2D eigenvalue weighted by molar-refractivity contribution is -0.155. The van der Waals surface area contributed by atoms with Crippen LogP contribution in [0.4, 0.5) is 8.78 Å². The molecule has 0 radical (unpaired) electrons. The fourth-order valence-corrected chi connectivity index (χ4v) is 6.53. The molecule has 1 saturated heterocycles. The van der Waals surface area contributed by atoms with Crippen molar-refractivity contribution in [2.75, 3.05) is 11.5 Å². The standard InChI is InChI=1S/C24H17Cl3F2N2O4S/c25-14-7-13(8-15(26)9-14)23(24(27,28)29)10-21(31-35-23)19-5-6-20(18-4-2-1-3-17(18)19)22(32)30-16-11-36(33,34)12-16/h1-9,16H,10-12H2,(H,30,32). The van der Waals surface area contributed by atoms with Crippen molar-refractivity contribution in [1.29, 1.82) is 0 Å². The van der Waals surface area contributed by atoms with Crippen molar-refractivity contribution in [3.63, 3.8) is 0 Å². The highest BCUT2D eigenvalue weighted by Gasteiger charge is 2.60. The summed E-state index contributed by atoms with van der Waals surface area (Å²) in [7, 11) is -3.10. The quantitative estimate of drug-likeness (QED) is 0.407. The predicted molar refractivity (Wildman–Crippen MR) is 135 cm³/mol. The molecule has 2 aliphatic rings. The highest BCUT2D eigenvalue weighted by atomic mass is 35.5. The van der Waals surface area contributed by atoms with Crippen LogP contribution in [0.1, 0.15) is 27.9 Å². The first kappa shape index (κ1) is 25.2. The number of hydrogen-bond donors (Lipinski definition) is 1. The molecular formula is C24H17Cl3F2N2O4S. The third kappa shape index (κ3) is 4.42. The molecule has 5 rings (SSSR count). The highest BCUT2D eigenvalue weighted by Crippen LogP contribution is 2.51. The topological polar surface area (TPSA) is 84.8 Å². The zero-order valence-electron chi connectivity index (χ0n) is 18.3. The number of amides is 1. The van der Waals surface area contributed by atoms with Crippen molar-refractivity contribution in [3.8, 4) is 0 Å². The molecule has 36 heavy (non-hydrogen) atoms. The molecule has 188 valence electrons. The van der Waals surface area contributed by atoms with Crippen LogP contribution in [0.2, 0.25) is 10.0 Å². The summed E-state index contributed by atoms with van der Waals surface area (Å²) in [6, 6.07) is 13.6. The fraction of sp³-hybridized carbons (Fsp3) is 0.250. The number of benzene rings is 3. The smallest absolute Gasteiger partial charge is 0.367 e. The van der Waals surface area contributed by atoms with Gasteiger partial charge in [0.15, 0.2) is 9.84 Å². The van der Waals surface area contributed by atoms with Gasteiger partial charge in [-0.3, -0.25) is 4.79 Å². The van der Waals surface area contributed by atoms with Crippen LogP contribution in [-0.4, -0.2) is 43.0 Å². The Morgan fingerprint density at radius 3 is 2.31 bits per heavy atom. The molecular weight excluding hydrogens is 557 g/mol. The number of sulfone groups is 1. The van der Waals surface area contributed by atoms with Gasteiger partial charge in [-0.1, -0.05) is 58.7 Å². The Morgan fingerprint density at radius 1 is 1.06 bits per heavy atom. The Labute approximate surface area is 220 Å². The SMILES string of the molecule is O=C(NC1CS(=O)(=O)C1)c1ccc(C2=NOC(c3cc(Cl)cc(Cl)c3)(C(F)(F)Cl)C2)c2ccccc12. The molecule has 3 aromatic carbocycles. The molecule has 0 aliphatic carbocycles. The van der Waals surface area contributed by atoms with E-state index in [4.69, 9.17) is 39.6 Å². The third-order valence-corrected chi connectivity index (χ3v) is 8.80. The lowest BCUT2D eigenvalue weighted by atomic mass is 9.85. The maximum absolute atomic E-state index is 14.8. The summed E-state index contributed by atoms with van der Waals surface area (Å²) in [5.74, 6) is -0.645. The molecule has 2 aliphatic heterocycles. The fourth-order valence-electron chi connectivity index (χ4n) is 4.49. The molecule has 3 aromatic rings. The van der Waals surface area contributed by atoms with Gasteiger partial charge in [0.25, 0.3) is 5.91 Å². The second-order valence-electron chi connectivity index (χ2n) is 8.74. The average molecular weight is 574 g/mol. The Kier molecular flexibility index (Phi) is 6.18. The molecule has 0 aromatic heterocycles. The van der Waals surface area contributed by atoms with Gasteiger partial charge in [0.1, 0.15) is 0 Å². The monoisotopic (exact) mass is 572 g/mol. The Balaban J connectivity index is 1.51. The van der Waals surface area contributed by atoms with Gasteiger partial charge in [0.2, 0.25) is 5.60 Å². The maximum Gasteiger partial charge on any atom is 0.367 e. The summed E-state index contributed by atoms with van der Waals surface area (Å²) in [5, 5.41) is 4.21. The lowest BCUT2D eigenvalue weighted by Crippen LogP contribution is -2.52. The molecule has 0 spiro atoms. The molecule has 12 heteroatoms. The van der Waals surface area contributed by atoms with E-state index in [1.807, 2.05) is 0 Å². The van der Waals surface area contributed by atoms with Crippen LogP contribution in [0.25, 0.3) is 10.8 Å². The van der Waals surface area contributed by atoms with E-state index in [0.29, 0.717) is 21.9 Å². The number of nitrogens with zero attached hydrogens (tertiary/aromatic N) is 1. The first-order valence-corrected chi connectivity index (χ1v) is 13.7. The first-order valence-electron chi connectivity index (χ1n) is 10.7. The largest absolute Gasteiger partial charge is 0.376 e. The summed E-state index contributed by atoms with van der Waals surface area (Å²) in [5.41, 5.74) is -1.40. The van der Waals surface area contributed by atoms with Gasteiger partial charge >= 0.3 is 5.38 Å². The average Bonchev–Trinajstić information content (AvgIpc) is 3.23. The summed E-state index contributed by atoms with van der Waals surface area (Å²) in [4.78, 5) is 18.2. The normalized spacial score (nSPS) is 21.5. The third-order valence-electron chi connectivity index (χ3n) is 6.24. The van der Waals surface area contributed by atoms with E-state index in [0.717, 1.165) is 0 Å². The van der Waals surface area contributed by atoms with Crippen molar-refractivity contribution in [3.05, 3.63) is 81.3 Å². The van der Waals surface area contributed by atoms with Gasteiger partial charge in [-0.2, -0.15) is 8.78 Å². The summed E-state index contributed by atoms with van der Waals surface area (Å²) in [6.45, 7) is 0. The van der Waals surface area contributed by atoms with Gasteiger partial charge in [-0.15, -0.1) is 0 Å². The van der Waals surface area contributed by atoms with Crippen molar-refractivity contribution in [2.24, 2.45) is 5.16 Å². The number of alkyl halides is 3. The summed E-state index contributed by atoms with van der Waals surface area (Å²) >= 11 is 17.6. The minimum atomic E-state index is -3.87. The zero-order chi connectivity index (χ0) is 25.9. The molecule has 1 fully saturated rings. The molecule has 1 N–H and O–H groups in total. The molecule has 6 nitrogen and oxygen atoms in total. The number of oxime groups is 1. The van der Waals surface area contributed by atoms with E-state index < -0.39 is 39.2 Å². The van der Waals surface area contributed by atoms with E-state index in [-0.39, 0.29) is 32.8 Å². The molecule has 1 atom stereocenters. The van der Waals surface area contributed by atoms with Crippen LogP contribution in [0.5, 0.6) is 0 Å². The molecule has 0 bridgehead atoms. The van der Waals surface area contributed by atoms with Crippen LogP contribution in [0.15, 0.2) is 59.8 Å². The Hall–Kier alpha value is -2.46. The van der Waals surface area contributed by atoms with E-state index >= 15 is 0 Å². The van der Waals surface area contributed by atoms with Crippen LogP contribution in [0, 0.1) is 0 Å². The number of rotatable bonds is 5. The van der Waals surface area contributed by atoms with Crippen LogP contribution in [-0.2, 0) is 20.3 Å². The lowest BCUT2D eigenvalue weighted by Gasteiger charge is -2.31. The van der Waals surface area contributed by atoms with Gasteiger partial charge < -0.3 is 10.2 Å². The maximum atomic E-state index is 14.8. The predicted octanol–water partition coefficient (Wildman–Crippen LogP) is 5.52. The molecule has 0 saturated carbocycles. The van der Waals surface area contributed by atoms with Crippen molar-refractivity contribution < 1.29 is 26.8 Å². The number of carbonyl (C=O) groups is 1. The van der Waals surface area contributed by atoms with E-state index in [2.05, 4.69) is 10.5 Å². The number of carbonyl (C=O) groups excluding carboxylic acids is 1. The number of fused-ring (bicyclic) bond motifs is 1. The summed E-state index contributed by atoms with van der Waals surface area (Å²) < 4.78 is 52.5.